The van der Waals surface area contributed by atoms with Gasteiger partial charge in [0, 0.05) is 0 Å². The van der Waals surface area contributed by atoms with Gasteiger partial charge in [0.25, 0.3) is 0 Å². The molecule has 0 amide bonds. The summed E-state index contributed by atoms with van der Waals surface area (Å²) in [6.07, 6.45) is 0. The van der Waals surface area contributed by atoms with Gasteiger partial charge < -0.3 is 0 Å². The molecule has 1 rings (SSSR count). The molecule has 0 radical (unpaired) electrons. The van der Waals surface area contributed by atoms with Crippen LogP contribution in [0, 0.1) is 0 Å². The summed E-state index contributed by atoms with van der Waals surface area (Å²) in [5.41, 5.74) is 4.73. The van der Waals surface area contributed by atoms with Crippen molar-refractivity contribution >= 4 is 20.9 Å². The molecule has 90 valence electrons. The van der Waals surface area contributed by atoms with Crippen LogP contribution in [0.2, 0.25) is 0 Å². The Balaban J connectivity index is 3.39. The fraction of sp³-hybridized carbons (Fsp3) is 0.600. The molecule has 0 heterocycles. The molecule has 0 unspecified atom stereocenters. The minimum absolute atomic E-state index is 0.642. The second-order valence-corrected chi connectivity index (χ2v) is 7.89. The molecule has 0 atom stereocenters. The van der Waals surface area contributed by atoms with Gasteiger partial charge in [-0.05, 0) is 0 Å². The molecule has 0 bridgehead atoms. The number of benzene rings is 1. The summed E-state index contributed by atoms with van der Waals surface area (Å²) in [5, 5.41) is 0. The van der Waals surface area contributed by atoms with E-state index >= 15 is 0 Å². The summed E-state index contributed by atoms with van der Waals surface area (Å²) in [6, 6.07) is 4.89. The van der Waals surface area contributed by atoms with Gasteiger partial charge in [-0.2, -0.15) is 0 Å². The van der Waals surface area contributed by atoms with Gasteiger partial charge in [-0.25, -0.2) is 0 Å². The van der Waals surface area contributed by atoms with Crippen molar-refractivity contribution in [2.75, 3.05) is 0 Å². The van der Waals surface area contributed by atoms with Crippen LogP contribution in [-0.4, -0.2) is 16.5 Å². The number of hydrogen-bond donors (Lipinski definition) is 0. The predicted octanol–water partition coefficient (Wildman–Crippen LogP) is 3.05. The first-order valence-electron chi connectivity index (χ1n) is 6.48. The van der Waals surface area contributed by atoms with Crippen LogP contribution in [0.5, 0.6) is 0 Å². The first kappa shape index (κ1) is 13.8. The average Bonchev–Trinajstić information content (AvgIpc) is 2.16. The van der Waals surface area contributed by atoms with E-state index < -0.39 is 0 Å². The molecule has 0 aliphatic heterocycles. The third kappa shape index (κ3) is 2.91. The maximum atomic E-state index is 2.45. The predicted molar refractivity (Wildman–Crippen MR) is 78.3 cm³/mol. The van der Waals surface area contributed by atoms with Crippen molar-refractivity contribution in [3.05, 3.63) is 28.8 Å². The van der Waals surface area contributed by atoms with Gasteiger partial charge in [-0.15, -0.1) is 0 Å². The summed E-state index contributed by atoms with van der Waals surface area (Å²) in [6.45, 7) is 13.9. The van der Waals surface area contributed by atoms with Crippen LogP contribution in [0.15, 0.2) is 12.1 Å². The van der Waals surface area contributed by atoms with E-state index in [2.05, 4.69) is 53.7 Å². The normalized spacial score (nSPS) is 12.1. The quantitative estimate of drug-likeness (QED) is 0.746. The van der Waals surface area contributed by atoms with Crippen LogP contribution < -0.4 is 4.40 Å². The number of rotatable bonds is 3. The molecular weight excluding hydrogens is 253 g/mol. The molecule has 0 spiro atoms. The summed E-state index contributed by atoms with van der Waals surface area (Å²) in [5.74, 6) is 1.98. The van der Waals surface area contributed by atoms with Crippen LogP contribution in [0.1, 0.15) is 76.0 Å². The molecule has 0 saturated heterocycles. The van der Waals surface area contributed by atoms with Crippen molar-refractivity contribution < 1.29 is 0 Å². The van der Waals surface area contributed by atoms with Gasteiger partial charge in [0.15, 0.2) is 0 Å². The Morgan fingerprint density at radius 2 is 1.12 bits per heavy atom. The van der Waals surface area contributed by atoms with Gasteiger partial charge in [0.2, 0.25) is 0 Å². The van der Waals surface area contributed by atoms with E-state index in [9.17, 15) is 0 Å². The second kappa shape index (κ2) is 5.40. The fourth-order valence-electron chi connectivity index (χ4n) is 2.32. The van der Waals surface area contributed by atoms with Gasteiger partial charge in [-0.1, -0.05) is 0 Å². The van der Waals surface area contributed by atoms with Gasteiger partial charge in [0.1, 0.15) is 0 Å². The molecule has 0 N–H and O–H groups in total. The Morgan fingerprint density at radius 3 is 1.38 bits per heavy atom. The van der Waals surface area contributed by atoms with E-state index in [1.165, 1.54) is 5.56 Å². The van der Waals surface area contributed by atoms with Crippen molar-refractivity contribution in [2.24, 2.45) is 0 Å². The monoisotopic (exact) mass is 280 g/mol. The molecule has 1 aromatic carbocycles. The zero-order valence-electron chi connectivity index (χ0n) is 11.9. The Hall–Kier alpha value is -0.237. The fourth-order valence-corrected chi connectivity index (χ4v) is 5.34. The Morgan fingerprint density at radius 1 is 0.750 bits per heavy atom. The van der Waals surface area contributed by atoms with Crippen LogP contribution in [0.3, 0.4) is 0 Å². The summed E-state index contributed by atoms with van der Waals surface area (Å²) >= 11 is 0.779. The Labute approximate surface area is 109 Å². The first-order chi connectivity index (χ1) is 7.34. The second-order valence-electron chi connectivity index (χ2n) is 5.79. The third-order valence-corrected chi connectivity index (χ3v) is 5.84. The zero-order valence-corrected chi connectivity index (χ0v) is 16.1. The van der Waals surface area contributed by atoms with Crippen molar-refractivity contribution in [1.82, 2.24) is 0 Å². The molecule has 0 saturated carbocycles. The maximum absolute atomic E-state index is 2.45. The Kier molecular flexibility index (Phi) is 4.66. The van der Waals surface area contributed by atoms with Crippen molar-refractivity contribution in [3.63, 3.8) is 0 Å². The summed E-state index contributed by atoms with van der Waals surface area (Å²) in [4.78, 5) is 0. The molecule has 0 aromatic heterocycles. The zero-order chi connectivity index (χ0) is 12.5. The molecule has 1 heteroatoms. The topological polar surface area (TPSA) is 0 Å². The van der Waals surface area contributed by atoms with Crippen LogP contribution in [0.25, 0.3) is 0 Å². The van der Waals surface area contributed by atoms with Crippen LogP contribution in [-0.2, 0) is 0 Å². The van der Waals surface area contributed by atoms with E-state index in [4.69, 9.17) is 0 Å². The molecular formula is C15H26Ge. The van der Waals surface area contributed by atoms with E-state index in [0.717, 1.165) is 16.5 Å². The van der Waals surface area contributed by atoms with E-state index in [1.54, 1.807) is 15.5 Å². The summed E-state index contributed by atoms with van der Waals surface area (Å²) in [7, 11) is 0. The molecule has 16 heavy (non-hydrogen) atoms. The van der Waals surface area contributed by atoms with Gasteiger partial charge in [-0.3, -0.25) is 0 Å². The van der Waals surface area contributed by atoms with Crippen LogP contribution >= 0.6 is 0 Å². The average molecular weight is 279 g/mol. The SMILES string of the molecule is CC(C)c1cc(C(C)C)[c]([GeH3])c(C(C)C)c1. The van der Waals surface area contributed by atoms with Crippen molar-refractivity contribution in [1.29, 1.82) is 0 Å². The first-order valence-corrected chi connectivity index (χ1v) is 8.58. The molecule has 0 aliphatic carbocycles. The van der Waals surface area contributed by atoms with E-state index in [-0.39, 0.29) is 0 Å². The minimum atomic E-state index is 0.642. The van der Waals surface area contributed by atoms with Crippen LogP contribution in [0.4, 0.5) is 0 Å². The standard InChI is InChI=1S/C15H26Ge/c1-9(2)12-7-13(10(3)4)15(16)14(8-12)11(5)6/h7-11H,1-6,16H3. The van der Waals surface area contributed by atoms with Gasteiger partial charge >= 0.3 is 109 Å². The van der Waals surface area contributed by atoms with E-state index in [0.29, 0.717) is 17.8 Å². The van der Waals surface area contributed by atoms with E-state index in [1.807, 2.05) is 0 Å². The number of hydrogen-bond acceptors (Lipinski definition) is 0. The molecule has 0 nitrogen and oxygen atoms in total. The third-order valence-electron chi connectivity index (χ3n) is 3.42. The van der Waals surface area contributed by atoms with Crippen molar-refractivity contribution in [3.8, 4) is 0 Å². The Bertz CT molecular complexity index is 333. The molecule has 0 aliphatic rings. The van der Waals surface area contributed by atoms with Gasteiger partial charge in [0.05, 0.1) is 0 Å². The summed E-state index contributed by atoms with van der Waals surface area (Å²) < 4.78 is 1.68. The molecule has 0 fully saturated rings. The molecule has 1 aromatic rings. The van der Waals surface area contributed by atoms with Crippen molar-refractivity contribution in [2.45, 2.75) is 59.3 Å².